The number of halogens is 1. The molecule has 90 valence electrons. The summed E-state index contributed by atoms with van der Waals surface area (Å²) < 4.78 is 13.0. The molecule has 1 unspecified atom stereocenters. The van der Waals surface area contributed by atoms with Crippen LogP contribution in [0, 0.1) is 5.82 Å². The van der Waals surface area contributed by atoms with Gasteiger partial charge in [0.15, 0.2) is 0 Å². The van der Waals surface area contributed by atoms with E-state index in [2.05, 4.69) is 0 Å². The Morgan fingerprint density at radius 3 is 2.82 bits per heavy atom. The maximum Gasteiger partial charge on any atom is 0.326 e. The number of rotatable bonds is 2. The summed E-state index contributed by atoms with van der Waals surface area (Å²) in [5, 5.41) is 8.97. The van der Waals surface area contributed by atoms with E-state index in [-0.39, 0.29) is 5.56 Å². The summed E-state index contributed by atoms with van der Waals surface area (Å²) in [6.07, 6.45) is 1.12. The molecule has 5 heteroatoms. The lowest BCUT2D eigenvalue weighted by molar-refractivity contribution is -0.141. The molecule has 0 radical (unpaired) electrons. The SMILES string of the molecule is O=C(O)C1CCCN1C(=O)c1cccc(F)c1. The summed E-state index contributed by atoms with van der Waals surface area (Å²) in [6.45, 7) is 0.409. The van der Waals surface area contributed by atoms with Gasteiger partial charge in [0.05, 0.1) is 0 Å². The van der Waals surface area contributed by atoms with Crippen molar-refractivity contribution in [1.82, 2.24) is 4.90 Å². The minimum absolute atomic E-state index is 0.193. The third kappa shape index (κ3) is 2.27. The number of aliphatic carboxylic acids is 1. The van der Waals surface area contributed by atoms with Gasteiger partial charge in [-0.15, -0.1) is 0 Å². The van der Waals surface area contributed by atoms with Gasteiger partial charge in [-0.3, -0.25) is 4.79 Å². The lowest BCUT2D eigenvalue weighted by Crippen LogP contribution is -2.40. The van der Waals surface area contributed by atoms with E-state index in [0.29, 0.717) is 19.4 Å². The second-order valence-corrected chi connectivity index (χ2v) is 4.01. The van der Waals surface area contributed by atoms with Gasteiger partial charge in [-0.2, -0.15) is 0 Å². The number of carboxylic acid groups (broad SMARTS) is 1. The molecule has 1 saturated heterocycles. The second kappa shape index (κ2) is 4.53. The average molecular weight is 237 g/mol. The molecule has 1 aromatic rings. The molecule has 1 aromatic carbocycles. The summed E-state index contributed by atoms with van der Waals surface area (Å²) in [4.78, 5) is 24.2. The van der Waals surface area contributed by atoms with Gasteiger partial charge in [-0.1, -0.05) is 6.07 Å². The highest BCUT2D eigenvalue weighted by atomic mass is 19.1. The molecule has 0 saturated carbocycles. The van der Waals surface area contributed by atoms with Crippen molar-refractivity contribution in [1.29, 1.82) is 0 Å². The van der Waals surface area contributed by atoms with Gasteiger partial charge in [-0.05, 0) is 31.0 Å². The van der Waals surface area contributed by atoms with E-state index in [1.165, 1.54) is 23.1 Å². The van der Waals surface area contributed by atoms with Crippen molar-refractivity contribution >= 4 is 11.9 Å². The monoisotopic (exact) mass is 237 g/mol. The predicted molar refractivity (Wildman–Crippen MR) is 58.1 cm³/mol. The van der Waals surface area contributed by atoms with E-state index >= 15 is 0 Å². The molecule has 0 spiro atoms. The van der Waals surface area contributed by atoms with E-state index < -0.39 is 23.7 Å². The van der Waals surface area contributed by atoms with Gasteiger partial charge in [0, 0.05) is 12.1 Å². The number of likely N-dealkylation sites (tertiary alicyclic amines) is 1. The van der Waals surface area contributed by atoms with Crippen molar-refractivity contribution in [3.05, 3.63) is 35.6 Å². The van der Waals surface area contributed by atoms with Gasteiger partial charge < -0.3 is 10.0 Å². The standard InChI is InChI=1S/C12H12FNO3/c13-9-4-1-3-8(7-9)11(15)14-6-2-5-10(14)12(16)17/h1,3-4,7,10H,2,5-6H2,(H,16,17). The average Bonchev–Trinajstić information content (AvgIpc) is 2.77. The number of hydrogen-bond donors (Lipinski definition) is 1. The van der Waals surface area contributed by atoms with Gasteiger partial charge in [0.1, 0.15) is 11.9 Å². The molecule has 0 aromatic heterocycles. The summed E-state index contributed by atoms with van der Waals surface area (Å²) in [5.74, 6) is -1.93. The highest BCUT2D eigenvalue weighted by Gasteiger charge is 2.34. The van der Waals surface area contributed by atoms with E-state index in [4.69, 9.17) is 5.11 Å². The molecular weight excluding hydrogens is 225 g/mol. The summed E-state index contributed by atoms with van der Waals surface area (Å²) in [7, 11) is 0. The van der Waals surface area contributed by atoms with Crippen molar-refractivity contribution in [2.24, 2.45) is 0 Å². The smallest absolute Gasteiger partial charge is 0.326 e. The molecule has 1 heterocycles. The minimum atomic E-state index is -1.01. The summed E-state index contributed by atoms with van der Waals surface area (Å²) in [6, 6.07) is 4.51. The number of carbonyl (C=O) groups excluding carboxylic acids is 1. The fraction of sp³-hybridized carbons (Fsp3) is 0.333. The number of amides is 1. The lowest BCUT2D eigenvalue weighted by Gasteiger charge is -2.21. The van der Waals surface area contributed by atoms with E-state index in [0.717, 1.165) is 6.07 Å². The Hall–Kier alpha value is -1.91. The van der Waals surface area contributed by atoms with Crippen LogP contribution >= 0.6 is 0 Å². The zero-order valence-electron chi connectivity index (χ0n) is 9.10. The topological polar surface area (TPSA) is 57.6 Å². The third-order valence-corrected chi connectivity index (χ3v) is 2.87. The molecular formula is C12H12FNO3. The van der Waals surface area contributed by atoms with Crippen LogP contribution in [0.2, 0.25) is 0 Å². The van der Waals surface area contributed by atoms with Crippen molar-refractivity contribution in [3.8, 4) is 0 Å². The Bertz CT molecular complexity index is 461. The van der Waals surface area contributed by atoms with Crippen LogP contribution in [0.25, 0.3) is 0 Å². The fourth-order valence-corrected chi connectivity index (χ4v) is 2.05. The summed E-state index contributed by atoms with van der Waals surface area (Å²) in [5.41, 5.74) is 0.193. The molecule has 4 nitrogen and oxygen atoms in total. The normalized spacial score (nSPS) is 19.4. The molecule has 1 aliphatic heterocycles. The molecule has 1 N–H and O–H groups in total. The molecule has 0 bridgehead atoms. The van der Waals surface area contributed by atoms with Crippen LogP contribution in [0.1, 0.15) is 23.2 Å². The molecule has 1 fully saturated rings. The Labute approximate surface area is 97.7 Å². The fourth-order valence-electron chi connectivity index (χ4n) is 2.05. The highest BCUT2D eigenvalue weighted by molar-refractivity contribution is 5.96. The van der Waals surface area contributed by atoms with Gasteiger partial charge in [0.2, 0.25) is 0 Å². The third-order valence-electron chi connectivity index (χ3n) is 2.87. The maximum atomic E-state index is 13.0. The van der Waals surface area contributed by atoms with Crippen LogP contribution in [0.5, 0.6) is 0 Å². The van der Waals surface area contributed by atoms with Crippen molar-refractivity contribution in [3.63, 3.8) is 0 Å². The number of nitrogens with zero attached hydrogens (tertiary/aromatic N) is 1. The van der Waals surface area contributed by atoms with Crippen molar-refractivity contribution in [2.75, 3.05) is 6.54 Å². The zero-order chi connectivity index (χ0) is 12.4. The first kappa shape index (κ1) is 11.6. The van der Waals surface area contributed by atoms with Crippen LogP contribution < -0.4 is 0 Å². The lowest BCUT2D eigenvalue weighted by atomic mass is 10.1. The Morgan fingerprint density at radius 1 is 1.41 bits per heavy atom. The van der Waals surface area contributed by atoms with Crippen LogP contribution in [0.15, 0.2) is 24.3 Å². The van der Waals surface area contributed by atoms with Gasteiger partial charge >= 0.3 is 5.97 Å². The molecule has 1 aliphatic rings. The van der Waals surface area contributed by atoms with E-state index in [1.807, 2.05) is 0 Å². The quantitative estimate of drug-likeness (QED) is 0.848. The van der Waals surface area contributed by atoms with Crippen LogP contribution in [0.3, 0.4) is 0 Å². The largest absolute Gasteiger partial charge is 0.480 e. The molecule has 1 amide bonds. The molecule has 0 aliphatic carbocycles. The highest BCUT2D eigenvalue weighted by Crippen LogP contribution is 2.20. The van der Waals surface area contributed by atoms with E-state index in [9.17, 15) is 14.0 Å². The maximum absolute atomic E-state index is 13.0. The van der Waals surface area contributed by atoms with Crippen LogP contribution in [-0.2, 0) is 4.79 Å². The number of hydrogen-bond acceptors (Lipinski definition) is 2. The zero-order valence-corrected chi connectivity index (χ0v) is 9.10. The Morgan fingerprint density at radius 2 is 2.18 bits per heavy atom. The van der Waals surface area contributed by atoms with Gasteiger partial charge in [-0.25, -0.2) is 9.18 Å². The second-order valence-electron chi connectivity index (χ2n) is 4.01. The summed E-state index contributed by atoms with van der Waals surface area (Å²) >= 11 is 0. The first-order valence-electron chi connectivity index (χ1n) is 5.39. The molecule has 17 heavy (non-hydrogen) atoms. The molecule has 2 rings (SSSR count). The number of carboxylic acids is 1. The van der Waals surface area contributed by atoms with Gasteiger partial charge in [0.25, 0.3) is 5.91 Å². The Kier molecular flexibility index (Phi) is 3.08. The van der Waals surface area contributed by atoms with Crippen molar-refractivity contribution < 1.29 is 19.1 Å². The van der Waals surface area contributed by atoms with Crippen LogP contribution in [-0.4, -0.2) is 34.5 Å². The first-order chi connectivity index (χ1) is 8.09. The first-order valence-corrected chi connectivity index (χ1v) is 5.39. The van der Waals surface area contributed by atoms with Crippen molar-refractivity contribution in [2.45, 2.75) is 18.9 Å². The van der Waals surface area contributed by atoms with Crippen LogP contribution in [0.4, 0.5) is 4.39 Å². The molecule has 1 atom stereocenters. The van der Waals surface area contributed by atoms with E-state index in [1.54, 1.807) is 0 Å². The predicted octanol–water partition coefficient (Wildman–Crippen LogP) is 1.51. The Balaban J connectivity index is 2.23. The number of benzene rings is 1. The number of carbonyl (C=O) groups is 2. The minimum Gasteiger partial charge on any atom is -0.480 e.